The molecule has 5 nitrogen and oxygen atoms in total. The van der Waals surface area contributed by atoms with Crippen molar-refractivity contribution in [2.45, 2.75) is 31.8 Å². The second kappa shape index (κ2) is 4.66. The summed E-state index contributed by atoms with van der Waals surface area (Å²) in [4.78, 5) is 11.9. The predicted octanol–water partition coefficient (Wildman–Crippen LogP) is 1.21. The maximum Gasteiger partial charge on any atom is 0.328 e. The topological polar surface area (TPSA) is 70.1 Å². The van der Waals surface area contributed by atoms with Gasteiger partial charge < -0.3 is 10.5 Å². The minimum atomic E-state index is -0.981. The van der Waals surface area contributed by atoms with Crippen molar-refractivity contribution in [1.82, 2.24) is 9.78 Å². The predicted molar refractivity (Wildman–Crippen MR) is 63.5 cm³/mol. The molecule has 2 rings (SSSR count). The fourth-order valence-electron chi connectivity index (χ4n) is 1.92. The lowest BCUT2D eigenvalue weighted by atomic mass is 9.94. The molecule has 0 amide bonds. The average Bonchev–Trinajstić information content (AvgIpc) is 3.05. The highest BCUT2D eigenvalue weighted by Crippen LogP contribution is 2.40. The molecule has 0 aromatic carbocycles. The van der Waals surface area contributed by atoms with Gasteiger partial charge in [-0.15, -0.1) is 0 Å². The number of ether oxygens (including phenoxy) is 1. The Balaban J connectivity index is 2.13. The lowest BCUT2D eigenvalue weighted by Gasteiger charge is -2.26. The van der Waals surface area contributed by atoms with Crippen LogP contribution in [0.5, 0.6) is 0 Å². The molecule has 0 spiro atoms. The van der Waals surface area contributed by atoms with Gasteiger partial charge in [0.1, 0.15) is 5.54 Å². The summed E-state index contributed by atoms with van der Waals surface area (Å²) in [5.41, 5.74) is 5.21. The van der Waals surface area contributed by atoms with Gasteiger partial charge in [-0.25, -0.2) is 4.79 Å². The summed E-state index contributed by atoms with van der Waals surface area (Å²) >= 11 is 5.78. The minimum Gasteiger partial charge on any atom is -0.465 e. The number of aromatic nitrogens is 2. The summed E-state index contributed by atoms with van der Waals surface area (Å²) in [5, 5.41) is 4.58. The molecule has 1 saturated carbocycles. The normalized spacial score (nSPS) is 18.8. The zero-order valence-corrected chi connectivity index (χ0v) is 10.5. The Morgan fingerprint density at radius 2 is 2.47 bits per heavy atom. The largest absolute Gasteiger partial charge is 0.465 e. The summed E-state index contributed by atoms with van der Waals surface area (Å²) < 4.78 is 6.64. The Bertz CT molecular complexity index is 417. The second-order valence-corrected chi connectivity index (χ2v) is 4.83. The molecule has 0 radical (unpaired) electrons. The number of nitrogens with two attached hydrogens (primary N) is 1. The molecule has 1 aliphatic rings. The highest BCUT2D eigenvalue weighted by atomic mass is 35.5. The first kappa shape index (κ1) is 12.4. The molecule has 1 aliphatic carbocycles. The van der Waals surface area contributed by atoms with E-state index in [-0.39, 0.29) is 11.9 Å². The summed E-state index contributed by atoms with van der Waals surface area (Å²) in [6.07, 6.45) is 5.11. The van der Waals surface area contributed by atoms with Crippen LogP contribution in [0.15, 0.2) is 12.4 Å². The zero-order valence-electron chi connectivity index (χ0n) is 9.73. The summed E-state index contributed by atoms with van der Waals surface area (Å²) in [7, 11) is 0. The van der Waals surface area contributed by atoms with E-state index in [2.05, 4.69) is 5.10 Å². The number of carbonyl (C=O) groups is 1. The van der Waals surface area contributed by atoms with Crippen molar-refractivity contribution in [3.05, 3.63) is 17.4 Å². The Labute approximate surface area is 105 Å². The number of carbonyl (C=O) groups excluding carboxylic acids is 1. The third-order valence-corrected chi connectivity index (χ3v) is 3.18. The third kappa shape index (κ3) is 2.61. The molecule has 1 aromatic rings. The van der Waals surface area contributed by atoms with Crippen LogP contribution in [0, 0.1) is 5.92 Å². The van der Waals surface area contributed by atoms with Crippen LogP contribution >= 0.6 is 11.6 Å². The number of rotatable bonds is 5. The number of hydrogen-bond donors (Lipinski definition) is 1. The lowest BCUT2D eigenvalue weighted by Crippen LogP contribution is -2.54. The zero-order chi connectivity index (χ0) is 12.5. The number of nitrogens with zero attached hydrogens (tertiary/aromatic N) is 2. The van der Waals surface area contributed by atoms with Gasteiger partial charge in [-0.1, -0.05) is 11.6 Å². The van der Waals surface area contributed by atoms with E-state index >= 15 is 0 Å². The molecular formula is C11H16ClN3O2. The van der Waals surface area contributed by atoms with Crippen molar-refractivity contribution in [3.8, 4) is 0 Å². The van der Waals surface area contributed by atoms with Crippen molar-refractivity contribution in [3.63, 3.8) is 0 Å². The van der Waals surface area contributed by atoms with E-state index in [1.807, 2.05) is 0 Å². The van der Waals surface area contributed by atoms with Crippen molar-refractivity contribution in [2.75, 3.05) is 6.61 Å². The summed E-state index contributed by atoms with van der Waals surface area (Å²) in [6, 6.07) is 0. The molecule has 1 fully saturated rings. The van der Waals surface area contributed by atoms with Crippen LogP contribution in [0.4, 0.5) is 0 Å². The van der Waals surface area contributed by atoms with Crippen molar-refractivity contribution in [1.29, 1.82) is 0 Å². The first-order chi connectivity index (χ1) is 8.06. The van der Waals surface area contributed by atoms with E-state index in [9.17, 15) is 4.79 Å². The van der Waals surface area contributed by atoms with Crippen LogP contribution < -0.4 is 5.73 Å². The van der Waals surface area contributed by atoms with Gasteiger partial charge in [0, 0.05) is 6.20 Å². The fourth-order valence-corrected chi connectivity index (χ4v) is 2.07. The highest BCUT2D eigenvalue weighted by molar-refractivity contribution is 6.30. The van der Waals surface area contributed by atoms with Crippen molar-refractivity contribution >= 4 is 17.6 Å². The molecule has 1 atom stereocenters. The van der Waals surface area contributed by atoms with Crippen LogP contribution in [0.2, 0.25) is 5.02 Å². The molecule has 1 heterocycles. The molecule has 1 unspecified atom stereocenters. The van der Waals surface area contributed by atoms with E-state index < -0.39 is 5.54 Å². The van der Waals surface area contributed by atoms with Crippen molar-refractivity contribution in [2.24, 2.45) is 11.7 Å². The van der Waals surface area contributed by atoms with Crippen LogP contribution in [0.1, 0.15) is 19.8 Å². The van der Waals surface area contributed by atoms with Gasteiger partial charge in [-0.2, -0.15) is 5.10 Å². The number of halogens is 1. The number of hydrogen-bond acceptors (Lipinski definition) is 4. The molecule has 1 aromatic heterocycles. The SMILES string of the molecule is CCOC(=O)C(N)(Cn1cc(Cl)cn1)C1CC1. The second-order valence-electron chi connectivity index (χ2n) is 4.39. The highest BCUT2D eigenvalue weighted by Gasteiger charge is 2.49. The van der Waals surface area contributed by atoms with Gasteiger partial charge in [0.15, 0.2) is 0 Å². The summed E-state index contributed by atoms with van der Waals surface area (Å²) in [5.74, 6) is -0.168. The van der Waals surface area contributed by atoms with Crippen LogP contribution in [-0.2, 0) is 16.1 Å². The Hall–Kier alpha value is -1.07. The van der Waals surface area contributed by atoms with E-state index in [0.29, 0.717) is 18.2 Å². The monoisotopic (exact) mass is 257 g/mol. The fraction of sp³-hybridized carbons (Fsp3) is 0.636. The maximum atomic E-state index is 11.9. The third-order valence-electron chi connectivity index (χ3n) is 2.99. The average molecular weight is 258 g/mol. The summed E-state index contributed by atoms with van der Waals surface area (Å²) in [6.45, 7) is 2.42. The van der Waals surface area contributed by atoms with E-state index in [0.717, 1.165) is 12.8 Å². The van der Waals surface area contributed by atoms with Gasteiger partial charge >= 0.3 is 5.97 Å². The molecule has 17 heavy (non-hydrogen) atoms. The molecule has 0 aliphatic heterocycles. The molecule has 0 saturated heterocycles. The van der Waals surface area contributed by atoms with Gasteiger partial charge in [0.2, 0.25) is 0 Å². The number of esters is 1. The quantitative estimate of drug-likeness (QED) is 0.805. The van der Waals surface area contributed by atoms with E-state index in [1.54, 1.807) is 17.8 Å². The van der Waals surface area contributed by atoms with Gasteiger partial charge in [0.25, 0.3) is 0 Å². The van der Waals surface area contributed by atoms with Crippen LogP contribution in [-0.4, -0.2) is 27.9 Å². The molecule has 6 heteroatoms. The Morgan fingerprint density at radius 3 is 2.94 bits per heavy atom. The molecule has 0 bridgehead atoms. The van der Waals surface area contributed by atoms with Gasteiger partial charge in [-0.05, 0) is 25.7 Å². The minimum absolute atomic E-state index is 0.185. The van der Waals surface area contributed by atoms with Crippen LogP contribution in [0.25, 0.3) is 0 Å². The smallest absolute Gasteiger partial charge is 0.328 e. The first-order valence-electron chi connectivity index (χ1n) is 5.70. The lowest BCUT2D eigenvalue weighted by molar-refractivity contribution is -0.151. The Morgan fingerprint density at radius 1 is 1.76 bits per heavy atom. The maximum absolute atomic E-state index is 11.9. The Kier molecular flexibility index (Phi) is 3.40. The van der Waals surface area contributed by atoms with E-state index in [1.165, 1.54) is 6.20 Å². The van der Waals surface area contributed by atoms with Gasteiger partial charge in [0.05, 0.1) is 24.4 Å². The van der Waals surface area contributed by atoms with E-state index in [4.69, 9.17) is 22.1 Å². The standard InChI is InChI=1S/C11H16ClN3O2/c1-2-17-10(16)11(13,8-3-4-8)7-15-6-9(12)5-14-15/h5-6,8H,2-4,7,13H2,1H3. The first-order valence-corrected chi connectivity index (χ1v) is 6.08. The van der Waals surface area contributed by atoms with Gasteiger partial charge in [-0.3, -0.25) is 4.68 Å². The molecule has 2 N–H and O–H groups in total. The van der Waals surface area contributed by atoms with Crippen LogP contribution in [0.3, 0.4) is 0 Å². The molecule has 94 valence electrons. The molecular weight excluding hydrogens is 242 g/mol. The van der Waals surface area contributed by atoms with Crippen molar-refractivity contribution < 1.29 is 9.53 Å².